The molecule has 1 saturated heterocycles. The van der Waals surface area contributed by atoms with Crippen molar-refractivity contribution < 1.29 is 22.7 Å². The zero-order valence-electron chi connectivity index (χ0n) is 24.8. The molecule has 0 spiro atoms. The summed E-state index contributed by atoms with van der Waals surface area (Å²) in [5.74, 6) is 0. The fourth-order valence-electron chi connectivity index (χ4n) is 6.53. The predicted molar refractivity (Wildman–Crippen MR) is 173 cm³/mol. The summed E-state index contributed by atoms with van der Waals surface area (Å²) in [4.78, 5) is 17.6. The molecular formula is C36H35ClF3N3O2. The minimum Gasteiger partial charge on any atom is -0.433 e. The summed E-state index contributed by atoms with van der Waals surface area (Å²) in [5, 5.41) is 2.36. The van der Waals surface area contributed by atoms with Crippen LogP contribution in [0, 0.1) is 0 Å². The number of amides is 1. The molecule has 1 aliphatic carbocycles. The quantitative estimate of drug-likeness (QED) is 0.188. The van der Waals surface area contributed by atoms with Crippen LogP contribution in [0.25, 0.3) is 22.3 Å². The number of carbonyl (C=O) groups excluding carboxylic acids is 1. The molecule has 4 aromatic rings. The van der Waals surface area contributed by atoms with E-state index in [9.17, 15) is 18.0 Å². The van der Waals surface area contributed by atoms with E-state index in [1.807, 2.05) is 53.8 Å². The number of hydrogen-bond acceptors (Lipinski definition) is 4. The van der Waals surface area contributed by atoms with E-state index in [-0.39, 0.29) is 0 Å². The number of rotatable bonds is 9. The number of unbranched alkanes of at least 4 members (excludes halogenated alkanes) is 1. The molecule has 1 fully saturated rings. The van der Waals surface area contributed by atoms with Gasteiger partial charge < -0.3 is 15.0 Å². The third-order valence-corrected chi connectivity index (χ3v) is 8.97. The molecule has 1 unspecified atom stereocenters. The Kier molecular flexibility index (Phi) is 9.06. The summed E-state index contributed by atoms with van der Waals surface area (Å²) in [6.07, 6.45) is -3.68. The van der Waals surface area contributed by atoms with Crippen LogP contribution in [0.15, 0.2) is 97.1 Å². The first-order chi connectivity index (χ1) is 21.7. The van der Waals surface area contributed by atoms with Crippen LogP contribution in [0.5, 0.6) is 0 Å². The molecule has 4 aromatic carbocycles. The maximum Gasteiger partial charge on any atom is 0.408 e. The van der Waals surface area contributed by atoms with Gasteiger partial charge in [0.1, 0.15) is 6.54 Å². The first kappa shape index (κ1) is 31.0. The topological polar surface area (TPSA) is 44.8 Å². The van der Waals surface area contributed by atoms with Crippen LogP contribution in [0.2, 0.25) is 5.02 Å². The lowest BCUT2D eigenvalue weighted by atomic mass is 9.86. The molecule has 1 amide bonds. The van der Waals surface area contributed by atoms with Gasteiger partial charge in [0, 0.05) is 48.0 Å². The van der Waals surface area contributed by atoms with Gasteiger partial charge in [0.15, 0.2) is 5.60 Å². The van der Waals surface area contributed by atoms with Crippen LogP contribution in [0.4, 0.5) is 23.7 Å². The van der Waals surface area contributed by atoms with Gasteiger partial charge in [-0.3, -0.25) is 4.90 Å². The average Bonchev–Trinajstić information content (AvgIpc) is 3.31. The van der Waals surface area contributed by atoms with Gasteiger partial charge >= 0.3 is 12.3 Å². The number of alkyl halides is 3. The van der Waals surface area contributed by atoms with Gasteiger partial charge in [-0.25, -0.2) is 4.79 Å². The Labute approximate surface area is 266 Å². The van der Waals surface area contributed by atoms with Crippen LogP contribution in [-0.4, -0.2) is 56.4 Å². The van der Waals surface area contributed by atoms with Crippen molar-refractivity contribution in [3.8, 4) is 22.3 Å². The van der Waals surface area contributed by atoms with E-state index in [0.29, 0.717) is 23.4 Å². The second kappa shape index (κ2) is 13.2. The number of halogens is 4. The SMILES string of the molecule is O=C(NCC(F)(F)F)OC1(CCCCN2CCN(c3ccc(-c4ccccc4)cc3)CC2)c2ccccc2-c2ccc(Cl)cc21. The summed E-state index contributed by atoms with van der Waals surface area (Å²) >= 11 is 6.39. The van der Waals surface area contributed by atoms with Crippen LogP contribution in [-0.2, 0) is 10.3 Å². The molecule has 45 heavy (non-hydrogen) atoms. The summed E-state index contributed by atoms with van der Waals surface area (Å²) in [6, 6.07) is 32.0. The molecule has 6 rings (SSSR count). The highest BCUT2D eigenvalue weighted by molar-refractivity contribution is 6.30. The van der Waals surface area contributed by atoms with Gasteiger partial charge in [-0.15, -0.1) is 0 Å². The Morgan fingerprint density at radius 1 is 0.800 bits per heavy atom. The first-order valence-electron chi connectivity index (χ1n) is 15.3. The third-order valence-electron chi connectivity index (χ3n) is 8.73. The molecule has 9 heteroatoms. The van der Waals surface area contributed by atoms with Gasteiger partial charge in [-0.05, 0) is 72.3 Å². The number of alkyl carbamates (subject to hydrolysis) is 1. The second-order valence-corrected chi connectivity index (χ2v) is 12.1. The lowest BCUT2D eigenvalue weighted by Crippen LogP contribution is -2.46. The predicted octanol–water partition coefficient (Wildman–Crippen LogP) is 8.51. The first-order valence-corrected chi connectivity index (χ1v) is 15.7. The average molecular weight is 634 g/mol. The van der Waals surface area contributed by atoms with E-state index in [2.05, 4.69) is 46.2 Å². The number of benzene rings is 4. The Morgan fingerprint density at radius 2 is 1.47 bits per heavy atom. The summed E-state index contributed by atoms with van der Waals surface area (Å²) in [6.45, 7) is 3.13. The molecule has 1 aliphatic heterocycles. The van der Waals surface area contributed by atoms with Crippen molar-refractivity contribution in [3.63, 3.8) is 0 Å². The van der Waals surface area contributed by atoms with Crippen LogP contribution < -0.4 is 10.2 Å². The summed E-state index contributed by atoms with van der Waals surface area (Å²) < 4.78 is 44.6. The maximum atomic E-state index is 12.9. The molecule has 0 saturated carbocycles. The number of fused-ring (bicyclic) bond motifs is 3. The van der Waals surface area contributed by atoms with E-state index in [1.54, 1.807) is 12.1 Å². The Balaban J connectivity index is 1.09. The lowest BCUT2D eigenvalue weighted by molar-refractivity contribution is -0.124. The number of piperazine rings is 1. The van der Waals surface area contributed by atoms with Crippen molar-refractivity contribution in [1.82, 2.24) is 10.2 Å². The Hall–Kier alpha value is -4.01. The molecule has 0 bridgehead atoms. The standard InChI is InChI=1S/C36H35ClF3N3O2/c37-28-14-17-31-30-10-4-5-11-32(30)35(33(31)24-28,45-34(44)41-25-36(38,39)40)18-6-7-19-42-20-22-43(23-21-42)29-15-12-27(13-16-29)26-8-2-1-3-9-26/h1-5,8-17,24H,6-7,18-23,25H2,(H,41,44). The molecule has 2 aliphatic rings. The molecule has 1 heterocycles. The van der Waals surface area contributed by atoms with Gasteiger partial charge in [0.2, 0.25) is 0 Å². The molecule has 234 valence electrons. The number of nitrogens with one attached hydrogen (secondary N) is 1. The van der Waals surface area contributed by atoms with Gasteiger partial charge in [0.25, 0.3) is 0 Å². The van der Waals surface area contributed by atoms with Crippen molar-refractivity contribution in [2.45, 2.75) is 31.0 Å². The molecule has 5 nitrogen and oxygen atoms in total. The highest BCUT2D eigenvalue weighted by Crippen LogP contribution is 2.53. The second-order valence-electron chi connectivity index (χ2n) is 11.6. The largest absolute Gasteiger partial charge is 0.433 e. The minimum absolute atomic E-state index is 0.421. The van der Waals surface area contributed by atoms with E-state index in [1.165, 1.54) is 16.8 Å². The van der Waals surface area contributed by atoms with Crippen LogP contribution in [0.3, 0.4) is 0 Å². The van der Waals surface area contributed by atoms with Crippen LogP contribution >= 0.6 is 11.6 Å². The summed E-state index contributed by atoms with van der Waals surface area (Å²) in [5.41, 5.74) is 5.60. The third kappa shape index (κ3) is 6.97. The maximum absolute atomic E-state index is 12.9. The Morgan fingerprint density at radius 3 is 2.20 bits per heavy atom. The molecule has 0 radical (unpaired) electrons. The smallest absolute Gasteiger partial charge is 0.408 e. The van der Waals surface area contributed by atoms with E-state index < -0.39 is 24.4 Å². The number of carbonyl (C=O) groups is 1. The van der Waals surface area contributed by atoms with Gasteiger partial charge in [0.05, 0.1) is 0 Å². The zero-order valence-corrected chi connectivity index (χ0v) is 25.6. The number of nitrogens with zero attached hydrogens (tertiary/aromatic N) is 2. The summed E-state index contributed by atoms with van der Waals surface area (Å²) in [7, 11) is 0. The van der Waals surface area contributed by atoms with Crippen molar-refractivity contribution in [1.29, 1.82) is 0 Å². The van der Waals surface area contributed by atoms with Crippen molar-refractivity contribution in [3.05, 3.63) is 113 Å². The lowest BCUT2D eigenvalue weighted by Gasteiger charge is -2.36. The van der Waals surface area contributed by atoms with Gasteiger partial charge in [-0.2, -0.15) is 13.2 Å². The van der Waals surface area contributed by atoms with Crippen molar-refractivity contribution in [2.75, 3.05) is 44.2 Å². The van der Waals surface area contributed by atoms with E-state index in [4.69, 9.17) is 16.3 Å². The van der Waals surface area contributed by atoms with E-state index >= 15 is 0 Å². The zero-order chi connectivity index (χ0) is 31.4. The number of hydrogen-bond donors (Lipinski definition) is 1. The van der Waals surface area contributed by atoms with E-state index in [0.717, 1.165) is 55.8 Å². The van der Waals surface area contributed by atoms with Gasteiger partial charge in [-0.1, -0.05) is 84.4 Å². The fraction of sp³-hybridized carbons (Fsp3) is 0.306. The monoisotopic (exact) mass is 633 g/mol. The highest BCUT2D eigenvalue weighted by atomic mass is 35.5. The van der Waals surface area contributed by atoms with Crippen LogP contribution in [0.1, 0.15) is 30.4 Å². The molecule has 0 aromatic heterocycles. The Bertz CT molecular complexity index is 1620. The molecule has 1 atom stereocenters. The van der Waals surface area contributed by atoms with Crippen molar-refractivity contribution >= 4 is 23.4 Å². The molecule has 1 N–H and O–H groups in total. The molecular weight excluding hydrogens is 599 g/mol. The normalized spacial score (nSPS) is 17.9. The van der Waals surface area contributed by atoms with Crippen molar-refractivity contribution in [2.24, 2.45) is 0 Å². The number of anilines is 1. The minimum atomic E-state index is -4.55. The highest BCUT2D eigenvalue weighted by Gasteiger charge is 2.46. The fourth-order valence-corrected chi connectivity index (χ4v) is 6.70. The number of ether oxygens (including phenoxy) is 1.